The number of non-ortho nitro benzene ring substituents is 1. The molecule has 0 unspecified atom stereocenters. The minimum atomic E-state index is -0.622. The van der Waals surface area contributed by atoms with Crippen molar-refractivity contribution in [2.45, 2.75) is 26.7 Å². The monoisotopic (exact) mass is 446 g/mol. The van der Waals surface area contributed by atoms with Crippen LogP contribution in [0.25, 0.3) is 0 Å². The van der Waals surface area contributed by atoms with Crippen molar-refractivity contribution in [3.05, 3.63) is 39.4 Å². The maximum absolute atomic E-state index is 12.5. The highest BCUT2D eigenvalue weighted by atomic mass is 16.6. The molecule has 0 N–H and O–H groups in total. The van der Waals surface area contributed by atoms with Crippen molar-refractivity contribution in [2.75, 3.05) is 39.3 Å². The van der Waals surface area contributed by atoms with E-state index in [9.17, 15) is 29.3 Å². The Morgan fingerprint density at radius 3 is 2.31 bits per heavy atom. The maximum atomic E-state index is 12.5. The molecule has 0 aliphatic carbocycles. The summed E-state index contributed by atoms with van der Waals surface area (Å²) in [5, 5.41) is 10.9. The summed E-state index contributed by atoms with van der Waals surface area (Å²) in [6.07, 6.45) is 0.0469. The standard InChI is InChI=1S/C21H26N4O7/c1-14(2)13-32-21(29)23-10-8-22(9-11-23)18(26)4-3-7-24-19(27)16-6-5-15(25(30)31)12-17(16)20(24)28/h5-6,12,14H,3-4,7-11,13H2,1-2H3. The Hall–Kier alpha value is -3.50. The van der Waals surface area contributed by atoms with E-state index in [4.69, 9.17) is 4.74 Å². The van der Waals surface area contributed by atoms with Gasteiger partial charge < -0.3 is 14.5 Å². The molecule has 2 aliphatic rings. The van der Waals surface area contributed by atoms with Crippen molar-refractivity contribution in [3.63, 3.8) is 0 Å². The average Bonchev–Trinajstić information content (AvgIpc) is 3.01. The zero-order valence-corrected chi connectivity index (χ0v) is 18.1. The van der Waals surface area contributed by atoms with Gasteiger partial charge in [-0.15, -0.1) is 0 Å². The van der Waals surface area contributed by atoms with Crippen LogP contribution in [0.5, 0.6) is 0 Å². The number of fused-ring (bicyclic) bond motifs is 1. The van der Waals surface area contributed by atoms with Gasteiger partial charge in [-0.3, -0.25) is 29.4 Å². The molecular weight excluding hydrogens is 420 g/mol. The van der Waals surface area contributed by atoms with Gasteiger partial charge in [0.05, 0.1) is 22.7 Å². The lowest BCUT2D eigenvalue weighted by Gasteiger charge is -2.34. The van der Waals surface area contributed by atoms with Gasteiger partial charge >= 0.3 is 6.09 Å². The normalized spacial score (nSPS) is 15.9. The third-order valence-corrected chi connectivity index (χ3v) is 5.37. The van der Waals surface area contributed by atoms with Crippen LogP contribution in [0.15, 0.2) is 18.2 Å². The van der Waals surface area contributed by atoms with Crippen molar-refractivity contribution in [3.8, 4) is 0 Å². The molecule has 11 nitrogen and oxygen atoms in total. The number of hydrogen-bond acceptors (Lipinski definition) is 7. The Balaban J connectivity index is 1.45. The first-order chi connectivity index (χ1) is 15.2. The van der Waals surface area contributed by atoms with Crippen LogP contribution in [0.1, 0.15) is 47.4 Å². The minimum absolute atomic E-state index is 0.0102. The molecule has 1 aromatic carbocycles. The number of rotatable bonds is 7. The van der Waals surface area contributed by atoms with Crippen LogP contribution in [0, 0.1) is 16.0 Å². The first-order valence-corrected chi connectivity index (χ1v) is 10.5. The number of piperazine rings is 1. The zero-order chi connectivity index (χ0) is 23.4. The number of benzene rings is 1. The molecule has 0 bridgehead atoms. The smallest absolute Gasteiger partial charge is 0.409 e. The van der Waals surface area contributed by atoms with Crippen LogP contribution < -0.4 is 0 Å². The quantitative estimate of drug-likeness (QED) is 0.355. The number of carbonyl (C=O) groups is 4. The molecule has 3 rings (SSSR count). The van der Waals surface area contributed by atoms with Crippen molar-refractivity contribution in [1.82, 2.24) is 14.7 Å². The van der Waals surface area contributed by atoms with Crippen LogP contribution in [0.4, 0.5) is 10.5 Å². The van der Waals surface area contributed by atoms with E-state index in [0.717, 1.165) is 11.0 Å². The van der Waals surface area contributed by atoms with E-state index in [1.807, 2.05) is 13.8 Å². The number of carbonyl (C=O) groups excluding carboxylic acids is 4. The van der Waals surface area contributed by atoms with Gasteiger partial charge in [-0.05, 0) is 18.4 Å². The molecule has 172 valence electrons. The fourth-order valence-electron chi connectivity index (χ4n) is 3.61. The average molecular weight is 446 g/mol. The molecule has 32 heavy (non-hydrogen) atoms. The number of amides is 4. The lowest BCUT2D eigenvalue weighted by atomic mass is 10.1. The van der Waals surface area contributed by atoms with E-state index in [1.54, 1.807) is 9.80 Å². The van der Waals surface area contributed by atoms with Crippen molar-refractivity contribution in [1.29, 1.82) is 0 Å². The number of nitro groups is 1. The molecule has 0 radical (unpaired) electrons. The number of hydrogen-bond donors (Lipinski definition) is 0. The summed E-state index contributed by atoms with van der Waals surface area (Å²) in [7, 11) is 0. The third kappa shape index (κ3) is 5.04. The van der Waals surface area contributed by atoms with Crippen molar-refractivity contribution in [2.24, 2.45) is 5.92 Å². The molecule has 11 heteroatoms. The van der Waals surface area contributed by atoms with Gasteiger partial charge in [0, 0.05) is 51.3 Å². The fraction of sp³-hybridized carbons (Fsp3) is 0.524. The largest absolute Gasteiger partial charge is 0.449 e. The Kier molecular flexibility index (Phi) is 7.06. The predicted molar refractivity (Wildman–Crippen MR) is 112 cm³/mol. The van der Waals surface area contributed by atoms with Gasteiger partial charge in [-0.2, -0.15) is 0 Å². The molecule has 2 aliphatic heterocycles. The first kappa shape index (κ1) is 23.2. The summed E-state index contributed by atoms with van der Waals surface area (Å²) < 4.78 is 5.20. The van der Waals surface area contributed by atoms with Crippen LogP contribution >= 0.6 is 0 Å². The Morgan fingerprint density at radius 2 is 1.69 bits per heavy atom. The van der Waals surface area contributed by atoms with Gasteiger partial charge in [0.2, 0.25) is 5.91 Å². The lowest BCUT2D eigenvalue weighted by Crippen LogP contribution is -2.50. The Labute approximate surface area is 185 Å². The maximum Gasteiger partial charge on any atom is 0.409 e. The number of nitrogens with zero attached hydrogens (tertiary/aromatic N) is 4. The van der Waals surface area contributed by atoms with Crippen molar-refractivity contribution < 1.29 is 28.8 Å². The van der Waals surface area contributed by atoms with E-state index in [1.165, 1.54) is 12.1 Å². The second-order valence-electron chi connectivity index (χ2n) is 8.19. The van der Waals surface area contributed by atoms with Gasteiger partial charge in [0.25, 0.3) is 17.5 Å². The van der Waals surface area contributed by atoms with E-state index in [0.29, 0.717) is 32.8 Å². The summed E-state index contributed by atoms with van der Waals surface area (Å²) in [4.78, 5) is 64.0. The lowest BCUT2D eigenvalue weighted by molar-refractivity contribution is -0.384. The van der Waals surface area contributed by atoms with Gasteiger partial charge in [0.15, 0.2) is 0 Å². The zero-order valence-electron chi connectivity index (χ0n) is 18.1. The highest BCUT2D eigenvalue weighted by Crippen LogP contribution is 2.27. The summed E-state index contributed by atoms with van der Waals surface area (Å²) >= 11 is 0. The molecular formula is C21H26N4O7. The fourth-order valence-corrected chi connectivity index (χ4v) is 3.61. The van der Waals surface area contributed by atoms with Crippen LogP contribution in [-0.4, -0.2) is 82.8 Å². The second kappa shape index (κ2) is 9.75. The Bertz CT molecular complexity index is 938. The van der Waals surface area contributed by atoms with Crippen molar-refractivity contribution >= 4 is 29.5 Å². The summed E-state index contributed by atoms with van der Waals surface area (Å²) in [6.45, 7) is 5.88. The predicted octanol–water partition coefficient (Wildman–Crippen LogP) is 1.91. The van der Waals surface area contributed by atoms with Gasteiger partial charge in [-0.1, -0.05) is 13.8 Å². The summed E-state index contributed by atoms with van der Waals surface area (Å²) in [5.74, 6) is -0.970. The van der Waals surface area contributed by atoms with E-state index < -0.39 is 16.7 Å². The minimum Gasteiger partial charge on any atom is -0.449 e. The summed E-state index contributed by atoms with van der Waals surface area (Å²) in [5.41, 5.74) is -0.113. The summed E-state index contributed by atoms with van der Waals surface area (Å²) in [6, 6.07) is 3.58. The molecule has 1 aromatic rings. The van der Waals surface area contributed by atoms with Crippen LogP contribution in [0.3, 0.4) is 0 Å². The third-order valence-electron chi connectivity index (χ3n) is 5.37. The van der Waals surface area contributed by atoms with Crippen LogP contribution in [-0.2, 0) is 9.53 Å². The molecule has 0 saturated carbocycles. The molecule has 1 saturated heterocycles. The molecule has 1 fully saturated rings. The topological polar surface area (TPSA) is 130 Å². The number of imide groups is 1. The van der Waals surface area contributed by atoms with Crippen LogP contribution in [0.2, 0.25) is 0 Å². The van der Waals surface area contributed by atoms with E-state index in [-0.39, 0.29) is 54.1 Å². The van der Waals surface area contributed by atoms with Gasteiger partial charge in [-0.25, -0.2) is 4.79 Å². The highest BCUT2D eigenvalue weighted by Gasteiger charge is 2.36. The first-order valence-electron chi connectivity index (χ1n) is 10.5. The van der Waals surface area contributed by atoms with Gasteiger partial charge in [0.1, 0.15) is 0 Å². The molecule has 0 atom stereocenters. The highest BCUT2D eigenvalue weighted by molar-refractivity contribution is 6.21. The molecule has 4 amide bonds. The Morgan fingerprint density at radius 1 is 1.06 bits per heavy atom. The molecule has 0 spiro atoms. The number of nitro benzene ring substituents is 1. The molecule has 2 heterocycles. The molecule has 0 aromatic heterocycles. The SMILES string of the molecule is CC(C)COC(=O)N1CCN(C(=O)CCCN2C(=O)c3ccc([N+](=O)[O-])cc3C2=O)CC1. The second-order valence-corrected chi connectivity index (χ2v) is 8.19. The number of ether oxygens (including phenoxy) is 1. The van der Waals surface area contributed by atoms with E-state index >= 15 is 0 Å². The van der Waals surface area contributed by atoms with E-state index in [2.05, 4.69) is 0 Å².